The van der Waals surface area contributed by atoms with Gasteiger partial charge in [0.1, 0.15) is 5.75 Å². The summed E-state index contributed by atoms with van der Waals surface area (Å²) in [5.74, 6) is 1.72. The van der Waals surface area contributed by atoms with Crippen LogP contribution in [0.15, 0.2) is 12.1 Å². The molecule has 3 rings (SSSR count). The molecule has 3 heteroatoms. The number of hydrogen-bond acceptors (Lipinski definition) is 2. The fourth-order valence-electron chi connectivity index (χ4n) is 3.19. The number of fused-ring (bicyclic) bond motifs is 1. The molecule has 2 heterocycles. The fraction of sp³-hybridized carbons (Fsp3) is 0.500. The van der Waals surface area contributed by atoms with Gasteiger partial charge in [0.05, 0.1) is 12.6 Å². The Labute approximate surface area is 114 Å². The zero-order chi connectivity index (χ0) is 13.4. The Morgan fingerprint density at radius 2 is 2.16 bits per heavy atom. The van der Waals surface area contributed by atoms with Gasteiger partial charge in [0.15, 0.2) is 0 Å². The van der Waals surface area contributed by atoms with E-state index in [4.69, 9.17) is 4.74 Å². The van der Waals surface area contributed by atoms with Gasteiger partial charge in [-0.2, -0.15) is 0 Å². The van der Waals surface area contributed by atoms with E-state index < -0.39 is 0 Å². The van der Waals surface area contributed by atoms with Crippen molar-refractivity contribution in [2.75, 3.05) is 20.2 Å². The van der Waals surface area contributed by atoms with Gasteiger partial charge in [-0.25, -0.2) is 0 Å². The molecule has 3 nitrogen and oxygen atoms in total. The molecule has 1 aliphatic rings. The first-order valence-electron chi connectivity index (χ1n) is 7.05. The molecule has 0 bridgehead atoms. The minimum atomic E-state index is 0.768. The molecule has 0 saturated carbocycles. The first-order chi connectivity index (χ1) is 9.19. The van der Waals surface area contributed by atoms with Gasteiger partial charge in [-0.05, 0) is 69.0 Å². The predicted octanol–water partition coefficient (Wildman–Crippen LogP) is 2.95. The lowest BCUT2D eigenvalue weighted by molar-refractivity contribution is 0.418. The van der Waals surface area contributed by atoms with Crippen molar-refractivity contribution in [2.45, 2.75) is 26.7 Å². The standard InChI is InChI=1S/C16H22N2O/c1-10-6-14-13(8-12-4-5-17-9-12)11(2)18-16(14)15(7-10)19-3/h6-7,12,17-18H,4-5,8-9H2,1-3H3. The van der Waals surface area contributed by atoms with Crippen LogP contribution in [0.3, 0.4) is 0 Å². The molecule has 102 valence electrons. The van der Waals surface area contributed by atoms with E-state index in [1.54, 1.807) is 7.11 Å². The highest BCUT2D eigenvalue weighted by atomic mass is 16.5. The van der Waals surface area contributed by atoms with Gasteiger partial charge in [0.25, 0.3) is 0 Å². The number of methoxy groups -OCH3 is 1. The molecule has 1 aromatic carbocycles. The summed E-state index contributed by atoms with van der Waals surface area (Å²) in [5.41, 5.74) is 5.15. The van der Waals surface area contributed by atoms with Gasteiger partial charge in [-0.15, -0.1) is 0 Å². The van der Waals surface area contributed by atoms with Crippen molar-refractivity contribution in [1.82, 2.24) is 10.3 Å². The van der Waals surface area contributed by atoms with E-state index >= 15 is 0 Å². The Bertz CT molecular complexity index is 594. The summed E-state index contributed by atoms with van der Waals surface area (Å²) in [7, 11) is 1.74. The third kappa shape index (κ3) is 2.23. The summed E-state index contributed by atoms with van der Waals surface area (Å²) >= 11 is 0. The first-order valence-corrected chi connectivity index (χ1v) is 7.05. The molecule has 1 aromatic heterocycles. The maximum absolute atomic E-state index is 5.50. The van der Waals surface area contributed by atoms with Crippen molar-refractivity contribution in [3.8, 4) is 5.75 Å². The van der Waals surface area contributed by atoms with Crippen LogP contribution in [0, 0.1) is 19.8 Å². The zero-order valence-corrected chi connectivity index (χ0v) is 12.0. The van der Waals surface area contributed by atoms with Crippen molar-refractivity contribution in [3.63, 3.8) is 0 Å². The van der Waals surface area contributed by atoms with Gasteiger partial charge < -0.3 is 15.0 Å². The Balaban J connectivity index is 2.07. The quantitative estimate of drug-likeness (QED) is 0.888. The van der Waals surface area contributed by atoms with Crippen molar-refractivity contribution >= 4 is 10.9 Å². The molecular formula is C16H22N2O. The van der Waals surface area contributed by atoms with E-state index in [1.165, 1.54) is 28.6 Å². The molecule has 1 fully saturated rings. The lowest BCUT2D eigenvalue weighted by Crippen LogP contribution is -2.11. The Morgan fingerprint density at radius 1 is 1.32 bits per heavy atom. The van der Waals surface area contributed by atoms with Crippen LogP contribution < -0.4 is 10.1 Å². The minimum absolute atomic E-state index is 0.768. The van der Waals surface area contributed by atoms with E-state index in [2.05, 4.69) is 36.3 Å². The fourth-order valence-corrected chi connectivity index (χ4v) is 3.19. The molecule has 0 amide bonds. The summed E-state index contributed by atoms with van der Waals surface area (Å²) in [4.78, 5) is 3.50. The van der Waals surface area contributed by atoms with Gasteiger partial charge in [0.2, 0.25) is 0 Å². The third-order valence-corrected chi connectivity index (χ3v) is 4.21. The average Bonchev–Trinajstić information content (AvgIpc) is 2.99. The predicted molar refractivity (Wildman–Crippen MR) is 79.0 cm³/mol. The van der Waals surface area contributed by atoms with E-state index in [0.29, 0.717) is 0 Å². The number of ether oxygens (including phenoxy) is 1. The van der Waals surface area contributed by atoms with Crippen molar-refractivity contribution in [3.05, 3.63) is 29.0 Å². The molecule has 1 aliphatic heterocycles. The SMILES string of the molecule is COc1cc(C)cc2c(CC3CCNC3)c(C)[nH]c12. The highest BCUT2D eigenvalue weighted by Crippen LogP contribution is 2.33. The molecule has 0 aliphatic carbocycles. The lowest BCUT2D eigenvalue weighted by Gasteiger charge is -2.09. The zero-order valence-electron chi connectivity index (χ0n) is 12.0. The van der Waals surface area contributed by atoms with Crippen LogP contribution in [0.4, 0.5) is 0 Å². The summed E-state index contributed by atoms with van der Waals surface area (Å²) in [6.45, 7) is 6.61. The molecular weight excluding hydrogens is 236 g/mol. The van der Waals surface area contributed by atoms with Crippen LogP contribution in [0.25, 0.3) is 10.9 Å². The number of aromatic amines is 1. The van der Waals surface area contributed by atoms with Crippen LogP contribution in [0.5, 0.6) is 5.75 Å². The number of rotatable bonds is 3. The third-order valence-electron chi connectivity index (χ3n) is 4.21. The number of benzene rings is 1. The maximum atomic E-state index is 5.50. The van der Waals surface area contributed by atoms with Gasteiger partial charge >= 0.3 is 0 Å². The van der Waals surface area contributed by atoms with E-state index in [-0.39, 0.29) is 0 Å². The molecule has 0 radical (unpaired) electrons. The average molecular weight is 258 g/mol. The smallest absolute Gasteiger partial charge is 0.143 e. The minimum Gasteiger partial charge on any atom is -0.495 e. The molecule has 19 heavy (non-hydrogen) atoms. The normalized spacial score (nSPS) is 19.2. The molecule has 1 atom stereocenters. The molecule has 2 aromatic rings. The van der Waals surface area contributed by atoms with Crippen LogP contribution in [0.2, 0.25) is 0 Å². The summed E-state index contributed by atoms with van der Waals surface area (Å²) < 4.78 is 5.50. The van der Waals surface area contributed by atoms with Gasteiger partial charge in [0, 0.05) is 11.1 Å². The second-order valence-corrected chi connectivity index (χ2v) is 5.68. The topological polar surface area (TPSA) is 37.0 Å². The molecule has 0 spiro atoms. The van der Waals surface area contributed by atoms with Crippen molar-refractivity contribution in [1.29, 1.82) is 0 Å². The van der Waals surface area contributed by atoms with Crippen LogP contribution >= 0.6 is 0 Å². The maximum Gasteiger partial charge on any atom is 0.143 e. The van der Waals surface area contributed by atoms with Crippen LogP contribution in [-0.4, -0.2) is 25.2 Å². The number of H-pyrrole nitrogens is 1. The summed E-state index contributed by atoms with van der Waals surface area (Å²) in [5, 5.41) is 4.79. The van der Waals surface area contributed by atoms with Crippen molar-refractivity contribution in [2.24, 2.45) is 5.92 Å². The lowest BCUT2D eigenvalue weighted by atomic mass is 9.96. The Hall–Kier alpha value is -1.48. The summed E-state index contributed by atoms with van der Waals surface area (Å²) in [6.07, 6.45) is 2.44. The highest BCUT2D eigenvalue weighted by molar-refractivity contribution is 5.90. The molecule has 2 N–H and O–H groups in total. The molecule has 1 unspecified atom stereocenters. The van der Waals surface area contributed by atoms with Crippen LogP contribution in [-0.2, 0) is 6.42 Å². The van der Waals surface area contributed by atoms with Crippen LogP contribution in [0.1, 0.15) is 23.2 Å². The number of nitrogens with one attached hydrogen (secondary N) is 2. The van der Waals surface area contributed by atoms with E-state index in [0.717, 1.165) is 36.7 Å². The Kier molecular flexibility index (Phi) is 3.23. The van der Waals surface area contributed by atoms with E-state index in [1.807, 2.05) is 0 Å². The van der Waals surface area contributed by atoms with Crippen molar-refractivity contribution < 1.29 is 4.74 Å². The second-order valence-electron chi connectivity index (χ2n) is 5.68. The van der Waals surface area contributed by atoms with E-state index in [9.17, 15) is 0 Å². The largest absolute Gasteiger partial charge is 0.495 e. The number of hydrogen-bond donors (Lipinski definition) is 2. The van der Waals surface area contributed by atoms with Gasteiger partial charge in [-0.3, -0.25) is 0 Å². The summed E-state index contributed by atoms with van der Waals surface area (Å²) in [6, 6.07) is 4.37. The molecule has 1 saturated heterocycles. The number of aryl methyl sites for hydroxylation is 2. The highest BCUT2D eigenvalue weighted by Gasteiger charge is 2.19. The second kappa shape index (κ2) is 4.89. The monoisotopic (exact) mass is 258 g/mol. The Morgan fingerprint density at radius 3 is 2.84 bits per heavy atom. The number of aromatic nitrogens is 1. The first kappa shape index (κ1) is 12.5. The van der Waals surface area contributed by atoms with Gasteiger partial charge in [-0.1, -0.05) is 0 Å².